The predicted octanol–water partition coefficient (Wildman–Crippen LogP) is 1.37. The molecule has 7 heteroatoms. The molecule has 1 amide bonds. The zero-order valence-corrected chi connectivity index (χ0v) is 11.5. The zero-order valence-electron chi connectivity index (χ0n) is 11.5. The summed E-state index contributed by atoms with van der Waals surface area (Å²) in [5.74, 6) is -0.205. The average Bonchev–Trinajstić information content (AvgIpc) is 2.44. The van der Waals surface area contributed by atoms with E-state index in [4.69, 9.17) is 0 Å². The van der Waals surface area contributed by atoms with Gasteiger partial charge in [0, 0.05) is 25.2 Å². The fourth-order valence-electron chi connectivity index (χ4n) is 1.70. The van der Waals surface area contributed by atoms with Crippen LogP contribution in [0.4, 0.5) is 11.4 Å². The van der Waals surface area contributed by atoms with Crippen molar-refractivity contribution in [3.05, 3.63) is 33.9 Å². The van der Waals surface area contributed by atoms with Gasteiger partial charge >= 0.3 is 0 Å². The van der Waals surface area contributed by atoms with Crippen molar-refractivity contribution in [2.75, 3.05) is 25.0 Å². The van der Waals surface area contributed by atoms with E-state index in [1.165, 1.54) is 23.1 Å². The van der Waals surface area contributed by atoms with Crippen LogP contribution in [-0.4, -0.2) is 37.3 Å². The Balaban J connectivity index is 2.91. The minimum atomic E-state index is -0.567. The molecule has 0 radical (unpaired) electrons. The van der Waals surface area contributed by atoms with Gasteiger partial charge in [-0.05, 0) is 18.6 Å². The second kappa shape index (κ2) is 7.22. The quantitative estimate of drug-likeness (QED) is 0.462. The molecular formula is C13H17N3O4. The Morgan fingerprint density at radius 3 is 2.75 bits per heavy atom. The zero-order chi connectivity index (χ0) is 15.1. The van der Waals surface area contributed by atoms with Crippen LogP contribution in [0.5, 0.6) is 0 Å². The Hall–Kier alpha value is -2.44. The molecule has 0 aliphatic heterocycles. The maximum absolute atomic E-state index is 11.6. The number of nitrogens with zero attached hydrogens (tertiary/aromatic N) is 2. The first-order valence-electron chi connectivity index (χ1n) is 6.21. The molecule has 20 heavy (non-hydrogen) atoms. The predicted molar refractivity (Wildman–Crippen MR) is 75.1 cm³/mol. The van der Waals surface area contributed by atoms with Crippen molar-refractivity contribution in [1.29, 1.82) is 0 Å². The molecule has 0 heterocycles. The summed E-state index contributed by atoms with van der Waals surface area (Å²) in [5, 5.41) is 13.7. The van der Waals surface area contributed by atoms with Crippen LogP contribution in [0, 0.1) is 10.1 Å². The van der Waals surface area contributed by atoms with Crippen LogP contribution >= 0.6 is 0 Å². The Labute approximate surface area is 116 Å². The number of hydrogen-bond acceptors (Lipinski definition) is 5. The molecule has 1 N–H and O–H groups in total. The van der Waals surface area contributed by atoms with Crippen LogP contribution in [0.2, 0.25) is 0 Å². The molecular weight excluding hydrogens is 262 g/mol. The highest BCUT2D eigenvalue weighted by molar-refractivity contribution is 5.84. The molecule has 7 nitrogen and oxygen atoms in total. The molecule has 1 aromatic rings. The minimum absolute atomic E-state index is 0.0152. The Bertz CT molecular complexity index is 516. The number of anilines is 1. The lowest BCUT2D eigenvalue weighted by Crippen LogP contribution is -2.35. The molecule has 0 aliphatic rings. The van der Waals surface area contributed by atoms with E-state index in [-0.39, 0.29) is 23.7 Å². The van der Waals surface area contributed by atoms with Gasteiger partial charge in [-0.1, -0.05) is 6.92 Å². The summed E-state index contributed by atoms with van der Waals surface area (Å²) in [6.45, 7) is 2.52. The van der Waals surface area contributed by atoms with Gasteiger partial charge in [-0.2, -0.15) is 0 Å². The van der Waals surface area contributed by atoms with E-state index in [0.29, 0.717) is 18.5 Å². The topological polar surface area (TPSA) is 92.6 Å². The van der Waals surface area contributed by atoms with Gasteiger partial charge in [-0.3, -0.25) is 19.7 Å². The molecule has 108 valence electrons. The lowest BCUT2D eigenvalue weighted by Gasteiger charge is -2.18. The Morgan fingerprint density at radius 1 is 1.50 bits per heavy atom. The van der Waals surface area contributed by atoms with Gasteiger partial charge in [-0.25, -0.2) is 0 Å². The van der Waals surface area contributed by atoms with E-state index >= 15 is 0 Å². The van der Waals surface area contributed by atoms with Crippen molar-refractivity contribution in [3.63, 3.8) is 0 Å². The summed E-state index contributed by atoms with van der Waals surface area (Å²) >= 11 is 0. The molecule has 0 aliphatic carbocycles. The first kappa shape index (κ1) is 15.6. The van der Waals surface area contributed by atoms with Gasteiger partial charge in [0.2, 0.25) is 5.91 Å². The van der Waals surface area contributed by atoms with E-state index in [1.54, 1.807) is 7.05 Å². The van der Waals surface area contributed by atoms with Crippen molar-refractivity contribution in [2.45, 2.75) is 13.3 Å². The van der Waals surface area contributed by atoms with Crippen LogP contribution in [-0.2, 0) is 4.79 Å². The van der Waals surface area contributed by atoms with Crippen LogP contribution in [0.1, 0.15) is 23.7 Å². The number of aldehydes is 1. The number of carbonyl (C=O) groups is 2. The van der Waals surface area contributed by atoms with Gasteiger partial charge in [0.25, 0.3) is 5.69 Å². The number of carbonyl (C=O) groups excluding carboxylic acids is 2. The summed E-state index contributed by atoms with van der Waals surface area (Å²) in [7, 11) is 1.59. The minimum Gasteiger partial charge on any atom is -0.360 e. The van der Waals surface area contributed by atoms with Gasteiger partial charge < -0.3 is 10.2 Å². The van der Waals surface area contributed by atoms with Crippen LogP contribution in [0.15, 0.2) is 18.2 Å². The summed E-state index contributed by atoms with van der Waals surface area (Å²) in [6, 6.07) is 4.15. The maximum atomic E-state index is 11.6. The number of hydrogen-bond donors (Lipinski definition) is 1. The normalized spacial score (nSPS) is 9.90. The molecule has 0 atom stereocenters. The fourth-order valence-corrected chi connectivity index (χ4v) is 1.70. The molecule has 0 spiro atoms. The molecule has 0 bridgehead atoms. The van der Waals surface area contributed by atoms with Crippen LogP contribution < -0.4 is 10.2 Å². The molecule has 0 saturated carbocycles. The number of likely N-dealkylation sites (N-methyl/N-ethyl adjacent to an activating group) is 1. The lowest BCUT2D eigenvalue weighted by molar-refractivity contribution is -0.384. The number of rotatable bonds is 7. The number of amides is 1. The van der Waals surface area contributed by atoms with Crippen molar-refractivity contribution >= 4 is 23.6 Å². The van der Waals surface area contributed by atoms with Crippen molar-refractivity contribution in [2.24, 2.45) is 0 Å². The SMILES string of the molecule is CCCNC(=O)CN(C)c1ccc(C=O)cc1[N+](=O)[O-]. The summed E-state index contributed by atoms with van der Waals surface area (Å²) < 4.78 is 0. The summed E-state index contributed by atoms with van der Waals surface area (Å²) in [4.78, 5) is 34.2. The van der Waals surface area contributed by atoms with Gasteiger partial charge in [-0.15, -0.1) is 0 Å². The fraction of sp³-hybridized carbons (Fsp3) is 0.385. The Morgan fingerprint density at radius 2 is 2.20 bits per heavy atom. The highest BCUT2D eigenvalue weighted by atomic mass is 16.6. The first-order chi connectivity index (χ1) is 9.49. The third kappa shape index (κ3) is 4.04. The first-order valence-corrected chi connectivity index (χ1v) is 6.21. The van der Waals surface area contributed by atoms with Crippen molar-refractivity contribution < 1.29 is 14.5 Å². The van der Waals surface area contributed by atoms with E-state index in [1.807, 2.05) is 6.92 Å². The van der Waals surface area contributed by atoms with Crippen LogP contribution in [0.25, 0.3) is 0 Å². The molecule has 0 fully saturated rings. The highest BCUT2D eigenvalue weighted by Crippen LogP contribution is 2.27. The lowest BCUT2D eigenvalue weighted by atomic mass is 10.1. The monoisotopic (exact) mass is 279 g/mol. The number of nitrogens with one attached hydrogen (secondary N) is 1. The summed E-state index contributed by atoms with van der Waals surface area (Å²) in [6.07, 6.45) is 1.37. The second-order valence-corrected chi connectivity index (χ2v) is 4.33. The third-order valence-corrected chi connectivity index (χ3v) is 2.70. The standard InChI is InChI=1S/C13H17N3O4/c1-3-6-14-13(18)8-15(2)11-5-4-10(9-17)7-12(11)16(19)20/h4-5,7,9H,3,6,8H2,1-2H3,(H,14,18). The van der Waals surface area contributed by atoms with Crippen molar-refractivity contribution in [3.8, 4) is 0 Å². The molecule has 0 aromatic heterocycles. The molecule has 0 saturated heterocycles. The van der Waals surface area contributed by atoms with E-state index in [0.717, 1.165) is 6.42 Å². The highest BCUT2D eigenvalue weighted by Gasteiger charge is 2.19. The van der Waals surface area contributed by atoms with Crippen LogP contribution in [0.3, 0.4) is 0 Å². The average molecular weight is 279 g/mol. The van der Waals surface area contributed by atoms with Crippen molar-refractivity contribution in [1.82, 2.24) is 5.32 Å². The Kier molecular flexibility index (Phi) is 5.64. The van der Waals surface area contributed by atoms with Gasteiger partial charge in [0.15, 0.2) is 0 Å². The van der Waals surface area contributed by atoms with E-state index < -0.39 is 4.92 Å². The second-order valence-electron chi connectivity index (χ2n) is 4.33. The maximum Gasteiger partial charge on any atom is 0.293 e. The number of nitro benzene ring substituents is 1. The van der Waals surface area contributed by atoms with Gasteiger partial charge in [0.1, 0.15) is 12.0 Å². The van der Waals surface area contributed by atoms with E-state index in [9.17, 15) is 19.7 Å². The number of benzene rings is 1. The summed E-state index contributed by atoms with van der Waals surface area (Å²) in [5.41, 5.74) is 0.330. The third-order valence-electron chi connectivity index (χ3n) is 2.70. The number of nitro groups is 1. The smallest absolute Gasteiger partial charge is 0.293 e. The molecule has 1 rings (SSSR count). The van der Waals surface area contributed by atoms with E-state index in [2.05, 4.69) is 5.32 Å². The molecule has 1 aromatic carbocycles. The van der Waals surface area contributed by atoms with Gasteiger partial charge in [0.05, 0.1) is 11.5 Å². The largest absolute Gasteiger partial charge is 0.360 e. The molecule has 0 unspecified atom stereocenters.